The van der Waals surface area contributed by atoms with Crippen molar-refractivity contribution in [3.05, 3.63) is 128 Å². The van der Waals surface area contributed by atoms with E-state index >= 15 is 4.39 Å². The fourth-order valence-corrected chi connectivity index (χ4v) is 10.6. The van der Waals surface area contributed by atoms with E-state index in [0.29, 0.717) is 17.9 Å². The van der Waals surface area contributed by atoms with Gasteiger partial charge < -0.3 is 28.0 Å². The summed E-state index contributed by atoms with van der Waals surface area (Å²) in [6.07, 6.45) is -2.23. The molecule has 4 aromatic rings. The van der Waals surface area contributed by atoms with Gasteiger partial charge in [0, 0.05) is 23.8 Å². The molecule has 2 saturated carbocycles. The first-order valence-electron chi connectivity index (χ1n) is 19.3. The van der Waals surface area contributed by atoms with Gasteiger partial charge in [-0.25, -0.2) is 13.9 Å². The van der Waals surface area contributed by atoms with Crippen molar-refractivity contribution in [2.75, 3.05) is 20.8 Å². The number of halogens is 1. The number of fused-ring (bicyclic) bond motifs is 3. The molecule has 302 valence electrons. The summed E-state index contributed by atoms with van der Waals surface area (Å²) in [5.74, 6) is 1.12. The number of aryl methyl sites for hydroxylation is 1. The number of nitriles is 1. The third-order valence-corrected chi connectivity index (χ3v) is 13.6. The zero-order valence-corrected chi connectivity index (χ0v) is 34.2. The Kier molecular flexibility index (Phi) is 11.5. The smallest absolute Gasteiger partial charge is 0.330 e. The van der Waals surface area contributed by atoms with Crippen LogP contribution in [0.15, 0.2) is 94.6 Å². The number of hydrogen-bond donors (Lipinski definition) is 1. The maximum Gasteiger partial charge on any atom is 0.330 e. The maximum absolute atomic E-state index is 17.9. The van der Waals surface area contributed by atoms with Crippen LogP contribution in [0.1, 0.15) is 75.4 Å². The number of nitrogens with zero attached hydrogens (tertiary/aromatic N) is 3. The van der Waals surface area contributed by atoms with Crippen molar-refractivity contribution >= 4 is 8.53 Å². The van der Waals surface area contributed by atoms with Gasteiger partial charge in [0.25, 0.3) is 14.1 Å². The van der Waals surface area contributed by atoms with E-state index in [0.717, 1.165) is 21.3 Å². The number of rotatable bonds is 16. The van der Waals surface area contributed by atoms with Crippen LogP contribution in [0, 0.1) is 24.2 Å². The second-order valence-corrected chi connectivity index (χ2v) is 16.9. The van der Waals surface area contributed by atoms with Crippen LogP contribution in [0.2, 0.25) is 0 Å². The van der Waals surface area contributed by atoms with E-state index in [1.807, 2.05) is 107 Å². The zero-order chi connectivity index (χ0) is 40.7. The summed E-state index contributed by atoms with van der Waals surface area (Å²) < 4.78 is 60.2. The number of nitrogens with one attached hydrogen (secondary N) is 1. The molecule has 14 heteroatoms. The van der Waals surface area contributed by atoms with Gasteiger partial charge in [-0.15, -0.1) is 0 Å². The Morgan fingerprint density at radius 2 is 1.49 bits per heavy atom. The minimum atomic E-state index is -1.96. The minimum absolute atomic E-state index is 0.0642. The standard InChI is InChI=1S/C43H50FN4O8P/c1-27(2)48(28(3)4)57(53-23-11-22-45)56-42-25-33-24-41(33,39(42)54-38(36(42)44)47-26-29(5)37(49)46-40(47)50)55-43(30-12-9-8-10-13-30,31-14-18-34(51-6)19-15-31)32-16-20-35(52-7)21-17-32/h8-10,12-21,26-28,33,36,38-39H,11,23-25H2,1-7H3,(H,46,49,50)/t33-,36+,38+,39+,41+,42-,57-/m0/s1. The predicted octanol–water partition coefficient (Wildman–Crippen LogP) is 7.30. The van der Waals surface area contributed by atoms with E-state index in [-0.39, 0.29) is 43.0 Å². The van der Waals surface area contributed by atoms with Crippen molar-refractivity contribution in [2.24, 2.45) is 5.92 Å². The highest BCUT2D eigenvalue weighted by molar-refractivity contribution is 7.44. The summed E-state index contributed by atoms with van der Waals surface area (Å²) in [6.45, 7) is 9.68. The molecular weight excluding hydrogens is 750 g/mol. The Labute approximate surface area is 333 Å². The highest BCUT2D eigenvalue weighted by Crippen LogP contribution is 2.73. The molecular formula is C43H50FN4O8P. The molecule has 12 nitrogen and oxygen atoms in total. The van der Waals surface area contributed by atoms with Crippen LogP contribution in [0.3, 0.4) is 0 Å². The first kappa shape index (κ1) is 40.8. The molecule has 7 rings (SSSR count). The lowest BCUT2D eigenvalue weighted by molar-refractivity contribution is -0.162. The molecule has 1 saturated heterocycles. The lowest BCUT2D eigenvalue weighted by atomic mass is 9.79. The van der Waals surface area contributed by atoms with Gasteiger partial charge in [-0.05, 0) is 94.3 Å². The van der Waals surface area contributed by atoms with Crippen molar-refractivity contribution in [1.82, 2.24) is 14.2 Å². The zero-order valence-electron chi connectivity index (χ0n) is 33.3. The molecule has 0 spiro atoms. The average molecular weight is 801 g/mol. The molecule has 3 aliphatic rings. The molecule has 0 radical (unpaired) electrons. The van der Waals surface area contributed by atoms with Gasteiger partial charge in [-0.3, -0.25) is 14.3 Å². The molecule has 0 amide bonds. The van der Waals surface area contributed by atoms with Gasteiger partial charge in [0.15, 0.2) is 12.4 Å². The fraction of sp³-hybridized carbons (Fsp3) is 0.465. The molecule has 0 bridgehead atoms. The summed E-state index contributed by atoms with van der Waals surface area (Å²) in [4.78, 5) is 28.2. The lowest BCUT2D eigenvalue weighted by Crippen LogP contribution is -2.53. The van der Waals surface area contributed by atoms with E-state index in [2.05, 4.69) is 15.7 Å². The monoisotopic (exact) mass is 800 g/mol. The predicted molar refractivity (Wildman–Crippen MR) is 213 cm³/mol. The Morgan fingerprint density at radius 1 is 0.930 bits per heavy atom. The Morgan fingerprint density at radius 3 is 2.04 bits per heavy atom. The Hall–Kier alpha value is -4.41. The van der Waals surface area contributed by atoms with Gasteiger partial charge in [0.05, 0.1) is 33.3 Å². The molecule has 2 aliphatic carbocycles. The number of benzene rings is 3. The number of methoxy groups -OCH3 is 2. The summed E-state index contributed by atoms with van der Waals surface area (Å²) >= 11 is 0. The summed E-state index contributed by atoms with van der Waals surface area (Å²) in [5.41, 5.74) is -2.77. The largest absolute Gasteiger partial charge is 0.497 e. The normalized spacial score (nSPS) is 25.6. The SMILES string of the molecule is COc1ccc(C(O[C@]23C[C@H]2C[C@@]2(O[P@](OCCC#N)N(C(C)C)C(C)C)[C@@H]3O[C@@H](n3cc(C)c(=O)[nH]c3=O)[C@H]2F)(c2ccccc2)c2ccc(OC)cc2)cc1. The number of alkyl halides is 1. The van der Waals surface area contributed by atoms with Crippen LogP contribution in [0.25, 0.3) is 0 Å². The molecule has 57 heavy (non-hydrogen) atoms. The molecule has 1 aliphatic heterocycles. The van der Waals surface area contributed by atoms with Crippen LogP contribution < -0.4 is 20.7 Å². The van der Waals surface area contributed by atoms with Crippen LogP contribution in [-0.2, 0) is 24.1 Å². The third-order valence-electron chi connectivity index (χ3n) is 11.4. The van der Waals surface area contributed by atoms with E-state index in [4.69, 9.17) is 28.0 Å². The molecule has 1 aromatic heterocycles. The molecule has 0 unspecified atom stereocenters. The van der Waals surface area contributed by atoms with Crippen LogP contribution in [0.4, 0.5) is 4.39 Å². The Balaban J connectivity index is 1.42. The fourth-order valence-electron chi connectivity index (χ4n) is 8.75. The summed E-state index contributed by atoms with van der Waals surface area (Å²) in [7, 11) is 1.26. The number of aromatic nitrogens is 2. The minimum Gasteiger partial charge on any atom is -0.497 e. The maximum atomic E-state index is 17.9. The first-order valence-corrected chi connectivity index (χ1v) is 20.4. The topological polar surface area (TPSA) is 137 Å². The highest BCUT2D eigenvalue weighted by atomic mass is 31.2. The number of aromatic amines is 1. The van der Waals surface area contributed by atoms with E-state index in [9.17, 15) is 14.9 Å². The van der Waals surface area contributed by atoms with E-state index in [1.165, 1.54) is 6.20 Å². The first-order chi connectivity index (χ1) is 27.3. The highest BCUT2D eigenvalue weighted by Gasteiger charge is 2.82. The number of ether oxygens (including phenoxy) is 4. The van der Waals surface area contributed by atoms with Crippen LogP contribution in [-0.4, -0.2) is 70.6 Å². The summed E-state index contributed by atoms with van der Waals surface area (Å²) in [6, 6.07) is 27.2. The van der Waals surface area contributed by atoms with Gasteiger partial charge >= 0.3 is 5.69 Å². The molecule has 3 aromatic carbocycles. The third kappa shape index (κ3) is 7.11. The van der Waals surface area contributed by atoms with E-state index in [1.54, 1.807) is 21.1 Å². The van der Waals surface area contributed by atoms with Crippen molar-refractivity contribution in [3.8, 4) is 17.6 Å². The van der Waals surface area contributed by atoms with Gasteiger partial charge in [0.1, 0.15) is 34.4 Å². The molecule has 1 N–H and O–H groups in total. The number of hydrogen-bond acceptors (Lipinski definition) is 10. The van der Waals surface area contributed by atoms with Crippen molar-refractivity contribution in [3.63, 3.8) is 0 Å². The van der Waals surface area contributed by atoms with Crippen molar-refractivity contribution in [2.45, 2.75) is 101 Å². The quantitative estimate of drug-likeness (QED) is 0.0699. The van der Waals surface area contributed by atoms with Crippen LogP contribution >= 0.6 is 8.53 Å². The molecule has 3 fully saturated rings. The lowest BCUT2D eigenvalue weighted by Gasteiger charge is -2.44. The molecule has 2 heterocycles. The average Bonchev–Trinajstić information content (AvgIpc) is 3.71. The van der Waals surface area contributed by atoms with Gasteiger partial charge in [0.2, 0.25) is 0 Å². The second kappa shape index (κ2) is 16.1. The van der Waals surface area contributed by atoms with E-state index < -0.39 is 55.1 Å². The number of H-pyrrole nitrogens is 1. The van der Waals surface area contributed by atoms with Gasteiger partial charge in [-0.2, -0.15) is 5.26 Å². The van der Waals surface area contributed by atoms with Gasteiger partial charge in [-0.1, -0.05) is 54.6 Å². The second-order valence-electron chi connectivity index (χ2n) is 15.5. The van der Waals surface area contributed by atoms with Crippen molar-refractivity contribution in [1.29, 1.82) is 5.26 Å². The Bertz CT molecular complexity index is 2140. The van der Waals surface area contributed by atoms with Crippen molar-refractivity contribution < 1.29 is 32.4 Å². The molecule has 7 atom stereocenters. The van der Waals surface area contributed by atoms with Crippen LogP contribution in [0.5, 0.6) is 11.5 Å². The summed E-state index contributed by atoms with van der Waals surface area (Å²) in [5, 5.41) is 9.42.